The number of nitrogens with one attached hydrogen (secondary N) is 1. The number of hydrogen-bond acceptors (Lipinski definition) is 3. The molecule has 1 unspecified atom stereocenters. The molecule has 2 aliphatic heterocycles. The van der Waals surface area contributed by atoms with Gasteiger partial charge in [-0.25, -0.2) is 0 Å². The molecule has 2 saturated heterocycles. The summed E-state index contributed by atoms with van der Waals surface area (Å²) in [5.41, 5.74) is 0. The normalized spacial score (nSPS) is 28.8. The van der Waals surface area contributed by atoms with Gasteiger partial charge in [0.1, 0.15) is 0 Å². The molecule has 2 heterocycles. The van der Waals surface area contributed by atoms with Crippen molar-refractivity contribution in [3.63, 3.8) is 0 Å². The number of amides is 1. The van der Waals surface area contributed by atoms with Crippen molar-refractivity contribution in [2.24, 2.45) is 0 Å². The van der Waals surface area contributed by atoms with Gasteiger partial charge in [0.25, 0.3) is 0 Å². The third kappa shape index (κ3) is 2.19. The largest absolute Gasteiger partial charge is 0.378 e. The van der Waals surface area contributed by atoms with Crippen molar-refractivity contribution in [2.75, 3.05) is 26.4 Å². The van der Waals surface area contributed by atoms with E-state index in [4.69, 9.17) is 4.74 Å². The van der Waals surface area contributed by atoms with Crippen LogP contribution in [0.4, 0.5) is 0 Å². The van der Waals surface area contributed by atoms with Crippen molar-refractivity contribution in [1.29, 1.82) is 0 Å². The molecule has 1 atom stereocenters. The van der Waals surface area contributed by atoms with E-state index in [1.165, 1.54) is 6.42 Å². The lowest BCUT2D eigenvalue weighted by atomic mass is 10.2. The van der Waals surface area contributed by atoms with Gasteiger partial charge in [0, 0.05) is 13.2 Å². The zero-order chi connectivity index (χ0) is 9.10. The molecule has 0 spiro atoms. The van der Waals surface area contributed by atoms with Crippen LogP contribution in [0.2, 0.25) is 0 Å². The predicted molar refractivity (Wildman–Crippen MR) is 48.2 cm³/mol. The molecule has 0 saturated carbocycles. The summed E-state index contributed by atoms with van der Waals surface area (Å²) in [6.45, 7) is 2.96. The smallest absolute Gasteiger partial charge is 0.237 e. The first-order valence-corrected chi connectivity index (χ1v) is 4.96. The third-order valence-corrected chi connectivity index (χ3v) is 2.68. The molecule has 0 aliphatic carbocycles. The minimum atomic E-state index is 0.220. The molecule has 13 heavy (non-hydrogen) atoms. The number of hydrogen-bond donors (Lipinski definition) is 1. The Bertz CT molecular complexity index is 190. The lowest BCUT2D eigenvalue weighted by Crippen LogP contribution is -2.29. The van der Waals surface area contributed by atoms with Gasteiger partial charge in [-0.1, -0.05) is 0 Å². The summed E-state index contributed by atoms with van der Waals surface area (Å²) in [7, 11) is 0. The first kappa shape index (κ1) is 8.97. The predicted octanol–water partition coefficient (Wildman–Crippen LogP) is -0.0552. The van der Waals surface area contributed by atoms with E-state index in [1.54, 1.807) is 0 Å². The Kier molecular flexibility index (Phi) is 2.80. The molecule has 4 nitrogen and oxygen atoms in total. The van der Waals surface area contributed by atoms with E-state index in [0.717, 1.165) is 26.0 Å². The van der Waals surface area contributed by atoms with E-state index >= 15 is 0 Å². The van der Waals surface area contributed by atoms with Crippen LogP contribution in [0.1, 0.15) is 19.3 Å². The van der Waals surface area contributed by atoms with Gasteiger partial charge in [0.15, 0.2) is 0 Å². The van der Waals surface area contributed by atoms with Crippen molar-refractivity contribution >= 4 is 5.91 Å². The Balaban J connectivity index is 1.69. The second-order valence-electron chi connectivity index (χ2n) is 3.67. The summed E-state index contributed by atoms with van der Waals surface area (Å²) < 4.78 is 5.49. The maximum atomic E-state index is 11.2. The number of carbonyl (C=O) groups is 1. The fourth-order valence-electron chi connectivity index (χ4n) is 1.87. The summed E-state index contributed by atoms with van der Waals surface area (Å²) in [5, 5.41) is 3.03. The quantitative estimate of drug-likeness (QED) is 0.668. The van der Waals surface area contributed by atoms with Crippen LogP contribution in [0.25, 0.3) is 0 Å². The van der Waals surface area contributed by atoms with Crippen molar-refractivity contribution in [3.8, 4) is 0 Å². The van der Waals surface area contributed by atoms with Gasteiger partial charge < -0.3 is 9.64 Å². The average Bonchev–Trinajstić information content (AvgIpc) is 2.72. The SMILES string of the molecule is O=C1CNCN1CCC1CCCO1. The van der Waals surface area contributed by atoms with Gasteiger partial charge in [0.05, 0.1) is 19.3 Å². The van der Waals surface area contributed by atoms with Crippen molar-refractivity contribution in [2.45, 2.75) is 25.4 Å². The molecule has 1 N–H and O–H groups in total. The Morgan fingerprint density at radius 1 is 1.62 bits per heavy atom. The molecule has 0 aromatic carbocycles. The molecule has 2 aliphatic rings. The van der Waals surface area contributed by atoms with E-state index in [2.05, 4.69) is 5.32 Å². The molecule has 2 rings (SSSR count). The Morgan fingerprint density at radius 3 is 3.15 bits per heavy atom. The van der Waals surface area contributed by atoms with Crippen LogP contribution in [0.15, 0.2) is 0 Å². The van der Waals surface area contributed by atoms with Gasteiger partial charge in [-0.2, -0.15) is 0 Å². The third-order valence-electron chi connectivity index (χ3n) is 2.68. The second kappa shape index (κ2) is 4.07. The van der Waals surface area contributed by atoms with Crippen molar-refractivity contribution < 1.29 is 9.53 Å². The van der Waals surface area contributed by atoms with Crippen molar-refractivity contribution in [1.82, 2.24) is 10.2 Å². The molecule has 0 aromatic rings. The number of carbonyl (C=O) groups excluding carboxylic acids is 1. The lowest BCUT2D eigenvalue weighted by Gasteiger charge is -2.16. The maximum absolute atomic E-state index is 11.2. The average molecular weight is 184 g/mol. The first-order chi connectivity index (χ1) is 6.36. The minimum Gasteiger partial charge on any atom is -0.378 e. The van der Waals surface area contributed by atoms with Crippen LogP contribution in [0.5, 0.6) is 0 Å². The van der Waals surface area contributed by atoms with Crippen LogP contribution < -0.4 is 5.32 Å². The Labute approximate surface area is 78.2 Å². The maximum Gasteiger partial charge on any atom is 0.237 e. The number of ether oxygens (including phenoxy) is 1. The van der Waals surface area contributed by atoms with Crippen LogP contribution >= 0.6 is 0 Å². The Morgan fingerprint density at radius 2 is 2.54 bits per heavy atom. The molecular weight excluding hydrogens is 168 g/mol. The summed E-state index contributed by atoms with van der Waals surface area (Å²) in [6, 6.07) is 0. The van der Waals surface area contributed by atoms with Crippen LogP contribution in [0.3, 0.4) is 0 Å². The molecular formula is C9H16N2O2. The summed E-state index contributed by atoms with van der Waals surface area (Å²) in [5.74, 6) is 0.220. The topological polar surface area (TPSA) is 41.6 Å². The van der Waals surface area contributed by atoms with Gasteiger partial charge in [-0.05, 0) is 19.3 Å². The first-order valence-electron chi connectivity index (χ1n) is 4.96. The highest BCUT2D eigenvalue weighted by Crippen LogP contribution is 2.15. The molecule has 4 heteroatoms. The van der Waals surface area contributed by atoms with Gasteiger partial charge in [-0.3, -0.25) is 10.1 Å². The summed E-state index contributed by atoms with van der Waals surface area (Å²) in [6.07, 6.45) is 3.73. The second-order valence-corrected chi connectivity index (χ2v) is 3.67. The zero-order valence-electron chi connectivity index (χ0n) is 7.79. The molecule has 1 amide bonds. The highest BCUT2D eigenvalue weighted by Gasteiger charge is 2.22. The van der Waals surface area contributed by atoms with Gasteiger partial charge >= 0.3 is 0 Å². The van der Waals surface area contributed by atoms with Crippen molar-refractivity contribution in [3.05, 3.63) is 0 Å². The molecule has 74 valence electrons. The zero-order valence-corrected chi connectivity index (χ0v) is 7.79. The summed E-state index contributed by atoms with van der Waals surface area (Å²) in [4.78, 5) is 13.1. The van der Waals surface area contributed by atoms with E-state index in [9.17, 15) is 4.79 Å². The standard InChI is InChI=1S/C9H16N2O2/c12-9-6-10-7-11(9)4-3-8-2-1-5-13-8/h8,10H,1-7H2. The highest BCUT2D eigenvalue weighted by atomic mass is 16.5. The number of nitrogens with zero attached hydrogens (tertiary/aromatic N) is 1. The van der Waals surface area contributed by atoms with Gasteiger partial charge in [-0.15, -0.1) is 0 Å². The van der Waals surface area contributed by atoms with E-state index in [-0.39, 0.29) is 5.91 Å². The monoisotopic (exact) mass is 184 g/mol. The molecule has 0 aromatic heterocycles. The van der Waals surface area contributed by atoms with E-state index < -0.39 is 0 Å². The minimum absolute atomic E-state index is 0.220. The fourth-order valence-corrected chi connectivity index (χ4v) is 1.87. The number of rotatable bonds is 3. The van der Waals surface area contributed by atoms with E-state index in [0.29, 0.717) is 19.3 Å². The highest BCUT2D eigenvalue weighted by molar-refractivity contribution is 5.79. The molecule has 0 radical (unpaired) electrons. The fraction of sp³-hybridized carbons (Fsp3) is 0.889. The van der Waals surface area contributed by atoms with Crippen LogP contribution in [0, 0.1) is 0 Å². The lowest BCUT2D eigenvalue weighted by molar-refractivity contribution is -0.126. The summed E-state index contributed by atoms with van der Waals surface area (Å²) >= 11 is 0. The van der Waals surface area contributed by atoms with E-state index in [1.807, 2.05) is 4.90 Å². The van der Waals surface area contributed by atoms with Gasteiger partial charge in [0.2, 0.25) is 5.91 Å². The van der Waals surface area contributed by atoms with Crippen LogP contribution in [-0.4, -0.2) is 43.3 Å². The molecule has 0 bridgehead atoms. The Hall–Kier alpha value is -0.610. The molecule has 2 fully saturated rings. The van der Waals surface area contributed by atoms with Crippen LogP contribution in [-0.2, 0) is 9.53 Å².